The number of ketones is 1. The molecule has 13 heteroatoms. The molecule has 5 rings (SSSR count). The van der Waals surface area contributed by atoms with Gasteiger partial charge < -0.3 is 21.1 Å². The molecular formula is C27H29Cl5N6O2. The summed E-state index contributed by atoms with van der Waals surface area (Å²) in [4.78, 5) is 28.9. The Kier molecular flexibility index (Phi) is 12.1. The first kappa shape index (κ1) is 33.6. The maximum Gasteiger partial charge on any atom is 0.166 e. The zero-order valence-corrected chi connectivity index (χ0v) is 25.4. The van der Waals surface area contributed by atoms with Gasteiger partial charge in [-0.1, -0.05) is 30.1 Å². The average molecular weight is 647 g/mol. The van der Waals surface area contributed by atoms with Crippen molar-refractivity contribution in [1.29, 1.82) is 0 Å². The Morgan fingerprint density at radius 3 is 2.45 bits per heavy atom. The number of hydrogen-bond acceptors (Lipinski definition) is 8. The van der Waals surface area contributed by atoms with Crippen LogP contribution in [-0.2, 0) is 0 Å². The molecular weight excluding hydrogens is 618 g/mol. The highest BCUT2D eigenvalue weighted by Gasteiger charge is 2.20. The molecule has 0 radical (unpaired) electrons. The second kappa shape index (κ2) is 14.3. The van der Waals surface area contributed by atoms with Crippen molar-refractivity contribution < 1.29 is 9.90 Å². The largest absolute Gasteiger partial charge is 0.505 e. The van der Waals surface area contributed by atoms with Crippen LogP contribution in [0.15, 0.2) is 48.8 Å². The molecule has 8 nitrogen and oxygen atoms in total. The first-order valence-corrected chi connectivity index (χ1v) is 12.8. The number of carbonyl (C=O) groups excluding carboxylic acids is 1. The van der Waals surface area contributed by atoms with Crippen molar-refractivity contribution in [3.05, 3.63) is 64.4 Å². The van der Waals surface area contributed by atoms with Crippen LogP contribution < -0.4 is 16.0 Å². The topological polar surface area (TPSA) is 117 Å². The van der Waals surface area contributed by atoms with Gasteiger partial charge in [0.15, 0.2) is 11.5 Å². The van der Waals surface area contributed by atoms with Crippen LogP contribution in [0, 0.1) is 0 Å². The monoisotopic (exact) mass is 644 g/mol. The number of anilines is 3. The number of benzene rings is 1. The summed E-state index contributed by atoms with van der Waals surface area (Å²) < 4.78 is 0. The summed E-state index contributed by atoms with van der Waals surface area (Å²) in [5.74, 6) is 0.619. The van der Waals surface area contributed by atoms with E-state index in [1.807, 2.05) is 18.2 Å². The fourth-order valence-corrected chi connectivity index (χ4v) is 4.97. The summed E-state index contributed by atoms with van der Waals surface area (Å²) >= 11 is 12.3. The molecule has 3 aromatic heterocycles. The number of aromatic hydroxyl groups is 1. The number of carbonyl (C=O) groups is 1. The average Bonchev–Trinajstić information content (AvgIpc) is 2.91. The highest BCUT2D eigenvalue weighted by molar-refractivity contribution is 6.37. The Bertz CT molecular complexity index is 1470. The van der Waals surface area contributed by atoms with E-state index in [9.17, 15) is 9.90 Å². The van der Waals surface area contributed by atoms with E-state index in [-0.39, 0.29) is 64.8 Å². The Morgan fingerprint density at radius 2 is 1.82 bits per heavy atom. The molecule has 4 heterocycles. The molecule has 0 bridgehead atoms. The third-order valence-corrected chi connectivity index (χ3v) is 7.02. The Morgan fingerprint density at radius 1 is 1.10 bits per heavy atom. The van der Waals surface area contributed by atoms with E-state index >= 15 is 0 Å². The smallest absolute Gasteiger partial charge is 0.166 e. The van der Waals surface area contributed by atoms with Gasteiger partial charge in [-0.2, -0.15) is 0 Å². The van der Waals surface area contributed by atoms with Crippen LogP contribution in [0.5, 0.6) is 5.75 Å². The number of nitrogens with two attached hydrogens (primary N) is 1. The number of nitrogens with one attached hydrogen (secondary N) is 1. The Labute approximate surface area is 260 Å². The number of phenolic OH excluding ortho intramolecular Hbond substituents is 1. The van der Waals surface area contributed by atoms with E-state index in [2.05, 4.69) is 20.2 Å². The van der Waals surface area contributed by atoms with E-state index in [1.165, 1.54) is 0 Å². The maximum atomic E-state index is 12.8. The standard InChI is InChI=1S/C27H26Cl2N6O2.3ClH/c1-2-23(36)18-13-31-22-7-6-21(15-10-19(28)27(37)20(29)11-15)34-26(22)25(18)33-17-5-8-24(32-12-17)35-9-3-4-16(30)14-35;;;/h5-8,10-13,16,37H,2-4,9,14,30H2,1H3,(H,31,33);3*1H/t16-;;;/m0.../s1. The number of nitrogens with zero attached hydrogens (tertiary/aromatic N) is 4. The first-order chi connectivity index (χ1) is 17.8. The number of fused-ring (bicyclic) bond motifs is 1. The Hall–Kier alpha value is -2.59. The molecule has 0 saturated carbocycles. The molecule has 0 amide bonds. The number of Topliss-reactive ketones (excluding diaryl/α,β-unsaturated/α-hetero) is 1. The van der Waals surface area contributed by atoms with Crippen LogP contribution in [0.2, 0.25) is 10.0 Å². The van der Waals surface area contributed by atoms with E-state index in [4.69, 9.17) is 33.9 Å². The number of pyridine rings is 3. The van der Waals surface area contributed by atoms with Gasteiger partial charge in [-0.05, 0) is 49.2 Å². The van der Waals surface area contributed by atoms with Crippen LogP contribution >= 0.6 is 60.4 Å². The lowest BCUT2D eigenvalue weighted by Gasteiger charge is -2.31. The van der Waals surface area contributed by atoms with Crippen molar-refractivity contribution in [3.63, 3.8) is 0 Å². The molecule has 0 aliphatic carbocycles. The number of phenols is 1. The molecule has 1 fully saturated rings. The molecule has 0 spiro atoms. The van der Waals surface area contributed by atoms with Gasteiger partial charge in [0.2, 0.25) is 0 Å². The lowest BCUT2D eigenvalue weighted by molar-refractivity contribution is 0.0988. The van der Waals surface area contributed by atoms with Gasteiger partial charge in [0.05, 0.1) is 44.4 Å². The molecule has 1 aliphatic heterocycles. The number of piperidine rings is 1. The van der Waals surface area contributed by atoms with Gasteiger partial charge >= 0.3 is 0 Å². The zero-order chi connectivity index (χ0) is 26.1. The van der Waals surface area contributed by atoms with Gasteiger partial charge in [-0.15, -0.1) is 37.2 Å². The summed E-state index contributed by atoms with van der Waals surface area (Å²) in [6.07, 6.45) is 5.70. The van der Waals surface area contributed by atoms with Crippen LogP contribution in [0.1, 0.15) is 36.5 Å². The molecule has 4 aromatic rings. The molecule has 1 atom stereocenters. The minimum Gasteiger partial charge on any atom is -0.505 e. The third kappa shape index (κ3) is 7.00. The van der Waals surface area contributed by atoms with E-state index in [0.717, 1.165) is 31.7 Å². The number of rotatable bonds is 6. The minimum atomic E-state index is -0.185. The van der Waals surface area contributed by atoms with Crippen molar-refractivity contribution in [2.24, 2.45) is 5.73 Å². The summed E-state index contributed by atoms with van der Waals surface area (Å²) in [6, 6.07) is 10.8. The summed E-state index contributed by atoms with van der Waals surface area (Å²) in [5, 5.41) is 13.5. The van der Waals surface area contributed by atoms with E-state index in [1.54, 1.807) is 37.5 Å². The van der Waals surface area contributed by atoms with E-state index < -0.39 is 0 Å². The zero-order valence-electron chi connectivity index (χ0n) is 21.4. The van der Waals surface area contributed by atoms with Crippen LogP contribution in [0.25, 0.3) is 22.3 Å². The van der Waals surface area contributed by atoms with Crippen LogP contribution in [0.4, 0.5) is 17.2 Å². The molecule has 4 N–H and O–H groups in total. The van der Waals surface area contributed by atoms with Crippen molar-refractivity contribution >= 4 is 94.4 Å². The fourth-order valence-electron chi connectivity index (χ4n) is 4.48. The molecule has 214 valence electrons. The van der Waals surface area contributed by atoms with Gasteiger partial charge in [-0.3, -0.25) is 9.78 Å². The maximum absolute atomic E-state index is 12.8. The number of halogens is 5. The van der Waals surface area contributed by atoms with Gasteiger partial charge in [0.1, 0.15) is 11.3 Å². The van der Waals surface area contributed by atoms with Crippen molar-refractivity contribution in [2.75, 3.05) is 23.3 Å². The summed E-state index contributed by atoms with van der Waals surface area (Å²) in [7, 11) is 0. The van der Waals surface area contributed by atoms with Crippen LogP contribution in [0.3, 0.4) is 0 Å². The highest BCUT2D eigenvalue weighted by atomic mass is 35.5. The first-order valence-electron chi connectivity index (χ1n) is 12.1. The van der Waals surface area contributed by atoms with E-state index in [0.29, 0.717) is 45.6 Å². The fraction of sp³-hybridized carbons (Fsp3) is 0.259. The number of aromatic nitrogens is 3. The summed E-state index contributed by atoms with van der Waals surface area (Å²) in [5.41, 5.74) is 10.1. The van der Waals surface area contributed by atoms with Gasteiger partial charge in [-0.25, -0.2) is 9.97 Å². The lowest BCUT2D eigenvalue weighted by Crippen LogP contribution is -2.43. The van der Waals surface area contributed by atoms with Crippen molar-refractivity contribution in [3.8, 4) is 17.0 Å². The van der Waals surface area contributed by atoms with Crippen molar-refractivity contribution in [2.45, 2.75) is 32.2 Å². The predicted molar refractivity (Wildman–Crippen MR) is 170 cm³/mol. The molecule has 40 heavy (non-hydrogen) atoms. The predicted octanol–water partition coefficient (Wildman–Crippen LogP) is 7.23. The molecule has 1 aliphatic rings. The minimum absolute atomic E-state index is 0. The number of hydrogen-bond donors (Lipinski definition) is 3. The molecule has 1 aromatic carbocycles. The second-order valence-electron chi connectivity index (χ2n) is 9.05. The van der Waals surface area contributed by atoms with Gasteiger partial charge in [0.25, 0.3) is 0 Å². The van der Waals surface area contributed by atoms with Crippen molar-refractivity contribution in [1.82, 2.24) is 15.0 Å². The SMILES string of the molecule is CCC(=O)c1cnc2ccc(-c3cc(Cl)c(O)c(Cl)c3)nc2c1Nc1ccc(N2CCC[C@H](N)C2)nc1.Cl.Cl.Cl. The van der Waals surface area contributed by atoms with Gasteiger partial charge in [0, 0.05) is 37.3 Å². The summed E-state index contributed by atoms with van der Waals surface area (Å²) in [6.45, 7) is 3.51. The highest BCUT2D eigenvalue weighted by Crippen LogP contribution is 2.37. The molecule has 1 saturated heterocycles. The Balaban J connectivity index is 0.00000187. The lowest BCUT2D eigenvalue weighted by atomic mass is 10.1. The third-order valence-electron chi connectivity index (χ3n) is 6.45. The van der Waals surface area contributed by atoms with Crippen LogP contribution in [-0.4, -0.2) is 45.0 Å². The normalized spacial score (nSPS) is 14.5. The quantitative estimate of drug-likeness (QED) is 0.188. The molecule has 0 unspecified atom stereocenters. The second-order valence-corrected chi connectivity index (χ2v) is 9.87.